The first-order valence-corrected chi connectivity index (χ1v) is 4.28. The highest BCUT2D eigenvalue weighted by Crippen LogP contribution is 2.26. The SMILES string of the molecule is NC(C(=O)O)c1ccc(O)cc1Br. The highest BCUT2D eigenvalue weighted by molar-refractivity contribution is 9.10. The molecule has 1 aromatic rings. The van der Waals surface area contributed by atoms with E-state index in [2.05, 4.69) is 15.9 Å². The number of aliphatic carboxylic acids is 1. The largest absolute Gasteiger partial charge is 0.508 e. The number of benzene rings is 1. The molecule has 4 N–H and O–H groups in total. The third kappa shape index (κ3) is 2.19. The second kappa shape index (κ2) is 3.76. The van der Waals surface area contributed by atoms with Crippen molar-refractivity contribution in [1.29, 1.82) is 0 Å². The molecule has 0 saturated carbocycles. The van der Waals surface area contributed by atoms with Crippen LogP contribution in [-0.4, -0.2) is 16.2 Å². The van der Waals surface area contributed by atoms with Crippen LogP contribution in [0, 0.1) is 0 Å². The van der Waals surface area contributed by atoms with Crippen LogP contribution in [0.25, 0.3) is 0 Å². The summed E-state index contributed by atoms with van der Waals surface area (Å²) in [5, 5.41) is 17.7. The van der Waals surface area contributed by atoms with Crippen molar-refractivity contribution in [3.05, 3.63) is 28.2 Å². The standard InChI is InChI=1S/C8H8BrNO3/c9-6-3-4(11)1-2-5(6)7(10)8(12)13/h1-3,7,11H,10H2,(H,12,13). The minimum absolute atomic E-state index is 0.0632. The highest BCUT2D eigenvalue weighted by Gasteiger charge is 2.16. The van der Waals surface area contributed by atoms with Gasteiger partial charge in [-0.15, -0.1) is 0 Å². The molecule has 0 heterocycles. The summed E-state index contributed by atoms with van der Waals surface area (Å²) in [4.78, 5) is 10.5. The predicted molar refractivity (Wildman–Crippen MR) is 50.4 cm³/mol. The molecule has 70 valence electrons. The molecule has 0 aliphatic carbocycles. The summed E-state index contributed by atoms with van der Waals surface area (Å²) in [5.74, 6) is -1.04. The minimum Gasteiger partial charge on any atom is -0.508 e. The lowest BCUT2D eigenvalue weighted by Gasteiger charge is -2.08. The van der Waals surface area contributed by atoms with Crippen LogP contribution in [0.1, 0.15) is 11.6 Å². The van der Waals surface area contributed by atoms with Crippen molar-refractivity contribution in [3.63, 3.8) is 0 Å². The molecular weight excluding hydrogens is 238 g/mol. The molecule has 1 unspecified atom stereocenters. The summed E-state index contributed by atoms with van der Waals surface area (Å²) in [7, 11) is 0. The number of rotatable bonds is 2. The molecule has 0 aromatic heterocycles. The molecule has 0 radical (unpaired) electrons. The van der Waals surface area contributed by atoms with E-state index >= 15 is 0 Å². The maximum Gasteiger partial charge on any atom is 0.325 e. The maximum absolute atomic E-state index is 10.5. The Hall–Kier alpha value is -1.07. The van der Waals surface area contributed by atoms with E-state index in [1.165, 1.54) is 18.2 Å². The number of phenolic OH excluding ortho intramolecular Hbond substituents is 1. The van der Waals surface area contributed by atoms with Crippen LogP contribution in [0.2, 0.25) is 0 Å². The molecule has 0 saturated heterocycles. The van der Waals surface area contributed by atoms with E-state index in [0.29, 0.717) is 10.0 Å². The number of nitrogens with two attached hydrogens (primary N) is 1. The summed E-state index contributed by atoms with van der Waals surface area (Å²) in [6, 6.07) is 3.19. The summed E-state index contributed by atoms with van der Waals surface area (Å²) in [6.45, 7) is 0. The molecular formula is C8H8BrNO3. The number of aromatic hydroxyl groups is 1. The first kappa shape index (κ1) is 10.0. The zero-order chi connectivity index (χ0) is 10.0. The summed E-state index contributed by atoms with van der Waals surface area (Å²) < 4.78 is 0.488. The third-order valence-corrected chi connectivity index (χ3v) is 2.27. The van der Waals surface area contributed by atoms with E-state index < -0.39 is 12.0 Å². The lowest BCUT2D eigenvalue weighted by atomic mass is 10.1. The quantitative estimate of drug-likeness (QED) is 0.732. The Bertz CT molecular complexity index is 340. The van der Waals surface area contributed by atoms with Crippen LogP contribution in [-0.2, 0) is 4.79 Å². The second-order valence-corrected chi connectivity index (χ2v) is 3.38. The first-order valence-electron chi connectivity index (χ1n) is 3.49. The van der Waals surface area contributed by atoms with Gasteiger partial charge in [0.1, 0.15) is 11.8 Å². The number of phenols is 1. The van der Waals surface area contributed by atoms with Crippen molar-refractivity contribution >= 4 is 21.9 Å². The molecule has 1 atom stereocenters. The molecule has 0 amide bonds. The van der Waals surface area contributed by atoms with Gasteiger partial charge in [-0.25, -0.2) is 0 Å². The molecule has 13 heavy (non-hydrogen) atoms. The van der Waals surface area contributed by atoms with Crippen LogP contribution in [0.4, 0.5) is 0 Å². The second-order valence-electron chi connectivity index (χ2n) is 2.52. The Kier molecular flexibility index (Phi) is 2.90. The van der Waals surface area contributed by atoms with Gasteiger partial charge in [-0.1, -0.05) is 22.0 Å². The Labute approximate surface area is 83.1 Å². The van der Waals surface area contributed by atoms with E-state index in [4.69, 9.17) is 15.9 Å². The molecule has 0 spiro atoms. The number of hydrogen-bond donors (Lipinski definition) is 3. The van der Waals surface area contributed by atoms with E-state index in [0.717, 1.165) is 0 Å². The monoisotopic (exact) mass is 245 g/mol. The Morgan fingerprint density at radius 1 is 1.54 bits per heavy atom. The smallest absolute Gasteiger partial charge is 0.325 e. The molecule has 0 bridgehead atoms. The van der Waals surface area contributed by atoms with Gasteiger partial charge < -0.3 is 15.9 Å². The van der Waals surface area contributed by atoms with Gasteiger partial charge in [0.25, 0.3) is 0 Å². The van der Waals surface area contributed by atoms with Gasteiger partial charge in [-0.3, -0.25) is 4.79 Å². The van der Waals surface area contributed by atoms with Crippen LogP contribution < -0.4 is 5.73 Å². The van der Waals surface area contributed by atoms with Crippen LogP contribution in [0.15, 0.2) is 22.7 Å². The molecule has 0 aliphatic heterocycles. The van der Waals surface area contributed by atoms with Gasteiger partial charge in [0.15, 0.2) is 0 Å². The first-order chi connectivity index (χ1) is 6.02. The molecule has 1 aromatic carbocycles. The average Bonchev–Trinajstić information content (AvgIpc) is 2.03. The third-order valence-electron chi connectivity index (χ3n) is 1.59. The molecule has 0 aliphatic rings. The fraction of sp³-hybridized carbons (Fsp3) is 0.125. The summed E-state index contributed by atoms with van der Waals surface area (Å²) in [5.41, 5.74) is 5.81. The highest BCUT2D eigenvalue weighted by atomic mass is 79.9. The van der Waals surface area contributed by atoms with Crippen LogP contribution >= 0.6 is 15.9 Å². The summed E-state index contributed by atoms with van der Waals surface area (Å²) in [6.07, 6.45) is 0. The van der Waals surface area contributed by atoms with Gasteiger partial charge in [0.05, 0.1) is 0 Å². The van der Waals surface area contributed by atoms with Gasteiger partial charge in [0.2, 0.25) is 0 Å². The fourth-order valence-corrected chi connectivity index (χ4v) is 1.51. The van der Waals surface area contributed by atoms with Crippen LogP contribution in [0.3, 0.4) is 0 Å². The van der Waals surface area contributed by atoms with E-state index in [-0.39, 0.29) is 5.75 Å². The van der Waals surface area contributed by atoms with Crippen molar-refractivity contribution in [2.45, 2.75) is 6.04 Å². The van der Waals surface area contributed by atoms with Gasteiger partial charge >= 0.3 is 5.97 Å². The lowest BCUT2D eigenvalue weighted by Crippen LogP contribution is -2.20. The number of hydrogen-bond acceptors (Lipinski definition) is 3. The van der Waals surface area contributed by atoms with E-state index in [1.807, 2.05) is 0 Å². The number of carboxylic acid groups (broad SMARTS) is 1. The van der Waals surface area contributed by atoms with E-state index in [1.54, 1.807) is 0 Å². The molecule has 5 heteroatoms. The zero-order valence-corrected chi connectivity index (χ0v) is 8.15. The van der Waals surface area contributed by atoms with Gasteiger partial charge in [0, 0.05) is 4.47 Å². The molecule has 0 fully saturated rings. The van der Waals surface area contributed by atoms with E-state index in [9.17, 15) is 4.79 Å². The molecule has 4 nitrogen and oxygen atoms in total. The van der Waals surface area contributed by atoms with Gasteiger partial charge in [-0.2, -0.15) is 0 Å². The van der Waals surface area contributed by atoms with Crippen molar-refractivity contribution in [2.75, 3.05) is 0 Å². The Balaban J connectivity index is 3.08. The van der Waals surface area contributed by atoms with Crippen molar-refractivity contribution in [2.24, 2.45) is 5.73 Å². The predicted octanol–water partition coefficient (Wildman–Crippen LogP) is 1.24. The fourth-order valence-electron chi connectivity index (χ4n) is 0.901. The minimum atomic E-state index is -1.11. The maximum atomic E-state index is 10.5. The van der Waals surface area contributed by atoms with Crippen molar-refractivity contribution in [1.82, 2.24) is 0 Å². The average molecular weight is 246 g/mol. The Morgan fingerprint density at radius 2 is 2.15 bits per heavy atom. The Morgan fingerprint density at radius 3 is 2.62 bits per heavy atom. The number of halogens is 1. The molecule has 1 rings (SSSR count). The van der Waals surface area contributed by atoms with Crippen molar-refractivity contribution < 1.29 is 15.0 Å². The number of carboxylic acids is 1. The zero-order valence-electron chi connectivity index (χ0n) is 6.57. The summed E-state index contributed by atoms with van der Waals surface area (Å²) >= 11 is 3.11. The lowest BCUT2D eigenvalue weighted by molar-refractivity contribution is -0.138. The van der Waals surface area contributed by atoms with Crippen molar-refractivity contribution in [3.8, 4) is 5.75 Å². The normalized spacial score (nSPS) is 12.5. The number of carbonyl (C=O) groups is 1. The topological polar surface area (TPSA) is 83.6 Å². The van der Waals surface area contributed by atoms with Gasteiger partial charge in [-0.05, 0) is 17.7 Å². The van der Waals surface area contributed by atoms with Crippen LogP contribution in [0.5, 0.6) is 5.75 Å².